The highest BCUT2D eigenvalue weighted by molar-refractivity contribution is 7.12. The van der Waals surface area contributed by atoms with Gasteiger partial charge in [0.1, 0.15) is 11.5 Å². The first-order valence-corrected chi connectivity index (χ1v) is 12.9. The summed E-state index contributed by atoms with van der Waals surface area (Å²) in [6.07, 6.45) is 2.00. The first kappa shape index (κ1) is 24.1. The van der Waals surface area contributed by atoms with Crippen molar-refractivity contribution in [3.8, 4) is 23.1 Å². The number of carbonyl (C=O) groups is 1. The summed E-state index contributed by atoms with van der Waals surface area (Å²) < 4.78 is 19.4. The molecule has 0 aliphatic carbocycles. The smallest absolute Gasteiger partial charge is 0.264 e. The van der Waals surface area contributed by atoms with E-state index in [1.807, 2.05) is 83.9 Å². The molecule has 36 heavy (non-hydrogen) atoms. The molecule has 186 valence electrons. The van der Waals surface area contributed by atoms with Gasteiger partial charge in [-0.05, 0) is 67.6 Å². The number of nitrogens with zero attached hydrogens (tertiary/aromatic N) is 3. The molecule has 5 rings (SSSR count). The van der Waals surface area contributed by atoms with E-state index < -0.39 is 0 Å². The highest BCUT2D eigenvalue weighted by atomic mass is 32.1. The van der Waals surface area contributed by atoms with Gasteiger partial charge in [-0.15, -0.1) is 11.3 Å². The highest BCUT2D eigenvalue weighted by Gasteiger charge is 2.28. The number of methoxy groups -OCH3 is 1. The molecule has 8 heteroatoms. The maximum absolute atomic E-state index is 13.5. The van der Waals surface area contributed by atoms with Gasteiger partial charge in [-0.1, -0.05) is 24.3 Å². The fourth-order valence-electron chi connectivity index (χ4n) is 4.33. The maximum atomic E-state index is 13.5. The van der Waals surface area contributed by atoms with Crippen molar-refractivity contribution >= 4 is 17.2 Å². The van der Waals surface area contributed by atoms with Crippen LogP contribution in [0.15, 0.2) is 72.1 Å². The van der Waals surface area contributed by atoms with E-state index in [9.17, 15) is 4.79 Å². The van der Waals surface area contributed by atoms with E-state index in [2.05, 4.69) is 0 Å². The zero-order chi connectivity index (χ0) is 24.9. The molecule has 2 aromatic heterocycles. The number of amides is 1. The summed E-state index contributed by atoms with van der Waals surface area (Å²) in [5, 5.41) is 6.74. The van der Waals surface area contributed by atoms with E-state index in [-0.39, 0.29) is 12.0 Å². The Morgan fingerprint density at radius 3 is 2.56 bits per heavy atom. The van der Waals surface area contributed by atoms with E-state index in [1.165, 1.54) is 11.3 Å². The molecule has 1 fully saturated rings. The number of aryl methyl sites for hydroxylation is 1. The Bertz CT molecular complexity index is 1280. The zero-order valence-corrected chi connectivity index (χ0v) is 21.2. The van der Waals surface area contributed by atoms with E-state index in [4.69, 9.17) is 19.3 Å². The third kappa shape index (κ3) is 5.29. The average Bonchev–Trinajstić information content (AvgIpc) is 3.68. The number of benzene rings is 2. The lowest BCUT2D eigenvalue weighted by molar-refractivity contribution is 0.0509. The minimum Gasteiger partial charge on any atom is -0.497 e. The summed E-state index contributed by atoms with van der Waals surface area (Å²) in [7, 11) is 1.63. The van der Waals surface area contributed by atoms with E-state index in [0.717, 1.165) is 42.1 Å². The third-order valence-corrected chi connectivity index (χ3v) is 7.09. The fourth-order valence-corrected chi connectivity index (χ4v) is 5.02. The van der Waals surface area contributed by atoms with Crippen LogP contribution in [-0.4, -0.2) is 47.0 Å². The molecule has 0 bridgehead atoms. The number of ether oxygens (including phenoxy) is 3. The highest BCUT2D eigenvalue weighted by Crippen LogP contribution is 2.33. The number of thiophene rings is 1. The summed E-state index contributed by atoms with van der Waals surface area (Å²) in [6.45, 7) is 3.58. The van der Waals surface area contributed by atoms with Gasteiger partial charge in [0.05, 0.1) is 41.6 Å². The Kier molecular flexibility index (Phi) is 7.34. The Balaban J connectivity index is 1.53. The van der Waals surface area contributed by atoms with Crippen molar-refractivity contribution in [1.82, 2.24) is 14.7 Å². The second kappa shape index (κ2) is 11.0. The monoisotopic (exact) mass is 503 g/mol. The van der Waals surface area contributed by atoms with Crippen molar-refractivity contribution in [2.75, 3.05) is 20.3 Å². The van der Waals surface area contributed by atoms with Gasteiger partial charge in [0.25, 0.3) is 5.91 Å². The standard InChI is InChI=1S/C28H29N3O4S/c1-20-25(19-30(18-24-10-6-16-34-24)27(32)26-11-7-17-36-26)28(31(29-20)21-8-4-3-5-9-21)35-23-14-12-22(33-2)13-15-23/h3-5,7-9,11-15,17,24H,6,10,16,18-19H2,1-2H3/t24-/m0/s1. The lowest BCUT2D eigenvalue weighted by atomic mass is 10.2. The average molecular weight is 504 g/mol. The molecule has 7 nitrogen and oxygen atoms in total. The number of hydrogen-bond donors (Lipinski definition) is 0. The van der Waals surface area contributed by atoms with Gasteiger partial charge in [0.2, 0.25) is 5.88 Å². The van der Waals surface area contributed by atoms with Crippen LogP contribution < -0.4 is 9.47 Å². The molecular formula is C28H29N3O4S. The number of rotatable bonds is 9. The molecule has 0 spiro atoms. The molecule has 1 amide bonds. The van der Waals surface area contributed by atoms with Crippen LogP contribution in [0.5, 0.6) is 17.4 Å². The van der Waals surface area contributed by atoms with Crippen LogP contribution in [0.1, 0.15) is 33.8 Å². The first-order valence-electron chi connectivity index (χ1n) is 12.0. The molecule has 3 heterocycles. The Hall–Kier alpha value is -3.62. The topological polar surface area (TPSA) is 65.8 Å². The summed E-state index contributed by atoms with van der Waals surface area (Å²) in [4.78, 5) is 16.1. The molecule has 1 aliphatic rings. The van der Waals surface area contributed by atoms with E-state index >= 15 is 0 Å². The molecular weight excluding hydrogens is 474 g/mol. The van der Waals surface area contributed by atoms with Crippen LogP contribution >= 0.6 is 11.3 Å². The van der Waals surface area contributed by atoms with Gasteiger partial charge in [-0.2, -0.15) is 5.10 Å². The molecule has 1 atom stereocenters. The molecule has 0 unspecified atom stereocenters. The Morgan fingerprint density at radius 2 is 1.89 bits per heavy atom. The van der Waals surface area contributed by atoms with Crippen LogP contribution in [0.4, 0.5) is 0 Å². The molecule has 1 saturated heterocycles. The maximum Gasteiger partial charge on any atom is 0.264 e. The van der Waals surface area contributed by atoms with Crippen molar-refractivity contribution in [3.63, 3.8) is 0 Å². The van der Waals surface area contributed by atoms with Crippen LogP contribution in [0.25, 0.3) is 5.69 Å². The van der Waals surface area contributed by atoms with Crippen molar-refractivity contribution in [1.29, 1.82) is 0 Å². The molecule has 2 aromatic carbocycles. The summed E-state index contributed by atoms with van der Waals surface area (Å²) in [5.74, 6) is 1.98. The molecule has 0 N–H and O–H groups in total. The van der Waals surface area contributed by atoms with Gasteiger partial charge in [0.15, 0.2) is 0 Å². The number of para-hydroxylation sites is 1. The molecule has 0 radical (unpaired) electrons. The molecule has 0 saturated carbocycles. The van der Waals surface area contributed by atoms with Crippen molar-refractivity contribution in [2.45, 2.75) is 32.4 Å². The van der Waals surface area contributed by atoms with Crippen molar-refractivity contribution < 1.29 is 19.0 Å². The van der Waals surface area contributed by atoms with Crippen LogP contribution in [0.2, 0.25) is 0 Å². The predicted molar refractivity (Wildman–Crippen MR) is 139 cm³/mol. The molecule has 4 aromatic rings. The summed E-state index contributed by atoms with van der Waals surface area (Å²) in [6, 6.07) is 21.1. The zero-order valence-electron chi connectivity index (χ0n) is 20.4. The Morgan fingerprint density at radius 1 is 1.11 bits per heavy atom. The normalized spacial score (nSPS) is 15.1. The minimum atomic E-state index is -0.0113. The first-order chi connectivity index (χ1) is 17.6. The summed E-state index contributed by atoms with van der Waals surface area (Å²) in [5.41, 5.74) is 2.54. The van der Waals surface area contributed by atoms with Crippen LogP contribution in [0.3, 0.4) is 0 Å². The second-order valence-corrected chi connectivity index (χ2v) is 9.64. The predicted octanol–water partition coefficient (Wildman–Crippen LogP) is 5.86. The fraction of sp³-hybridized carbons (Fsp3) is 0.286. The van der Waals surface area contributed by atoms with Crippen LogP contribution in [0, 0.1) is 6.92 Å². The Labute approximate surface area is 214 Å². The minimum absolute atomic E-state index is 0.0113. The van der Waals surface area contributed by atoms with Gasteiger partial charge >= 0.3 is 0 Å². The summed E-state index contributed by atoms with van der Waals surface area (Å²) >= 11 is 1.45. The second-order valence-electron chi connectivity index (χ2n) is 8.69. The number of hydrogen-bond acceptors (Lipinski definition) is 6. The largest absolute Gasteiger partial charge is 0.497 e. The van der Waals surface area contributed by atoms with Gasteiger partial charge in [-0.3, -0.25) is 4.79 Å². The van der Waals surface area contributed by atoms with E-state index in [0.29, 0.717) is 29.6 Å². The number of aromatic nitrogens is 2. The third-order valence-electron chi connectivity index (χ3n) is 6.23. The SMILES string of the molecule is COc1ccc(Oc2c(CN(C[C@@H]3CCCO3)C(=O)c3cccs3)c(C)nn2-c2ccccc2)cc1. The van der Waals surface area contributed by atoms with Crippen LogP contribution in [-0.2, 0) is 11.3 Å². The molecule has 1 aliphatic heterocycles. The quantitative estimate of drug-likeness (QED) is 0.286. The van der Waals surface area contributed by atoms with E-state index in [1.54, 1.807) is 11.8 Å². The lowest BCUT2D eigenvalue weighted by Gasteiger charge is -2.25. The number of carbonyl (C=O) groups excluding carboxylic acids is 1. The lowest BCUT2D eigenvalue weighted by Crippen LogP contribution is -2.36. The van der Waals surface area contributed by atoms with Gasteiger partial charge in [0, 0.05) is 13.2 Å². The van der Waals surface area contributed by atoms with Gasteiger partial charge < -0.3 is 19.1 Å². The van der Waals surface area contributed by atoms with Crippen molar-refractivity contribution in [3.05, 3.63) is 88.2 Å². The van der Waals surface area contributed by atoms with Crippen molar-refractivity contribution in [2.24, 2.45) is 0 Å². The van der Waals surface area contributed by atoms with Gasteiger partial charge in [-0.25, -0.2) is 4.68 Å².